The highest BCUT2D eigenvalue weighted by Gasteiger charge is 2.19. The van der Waals surface area contributed by atoms with Crippen molar-refractivity contribution in [3.63, 3.8) is 0 Å². The van der Waals surface area contributed by atoms with Crippen molar-refractivity contribution in [1.82, 2.24) is 9.55 Å². The fourth-order valence-corrected chi connectivity index (χ4v) is 3.38. The van der Waals surface area contributed by atoms with Crippen molar-refractivity contribution in [1.29, 1.82) is 0 Å². The minimum atomic E-state index is -0.994. The number of fused-ring (bicyclic) bond motifs is 1. The number of amides is 1. The minimum Gasteiger partial charge on any atom is -0.492 e. The van der Waals surface area contributed by atoms with Gasteiger partial charge in [0.15, 0.2) is 6.10 Å². The molecule has 1 aromatic carbocycles. The molecule has 0 saturated heterocycles. The van der Waals surface area contributed by atoms with Crippen LogP contribution in [0.1, 0.15) is 20.3 Å². The molecular formula is C20H21N3O5S. The summed E-state index contributed by atoms with van der Waals surface area (Å²) in [6.45, 7) is 3.92. The third kappa shape index (κ3) is 5.00. The number of carbonyl (C=O) groups is 2. The zero-order valence-electron chi connectivity index (χ0n) is 16.1. The summed E-state index contributed by atoms with van der Waals surface area (Å²) in [5.74, 6) is -0.510. The number of esters is 1. The molecule has 9 heteroatoms. The standard InChI is InChI=1S/C20H21N3O5S/c1-3-27-16-7-5-4-6-15(16)22-18(25)13(2)28-17(24)8-10-23-12-21-19-14(20(23)26)9-11-29-19/h4-7,9,11-13H,3,8,10H2,1-2H3,(H,22,25). The van der Waals surface area contributed by atoms with Gasteiger partial charge in [-0.25, -0.2) is 4.98 Å². The van der Waals surface area contributed by atoms with E-state index in [4.69, 9.17) is 9.47 Å². The van der Waals surface area contributed by atoms with Crippen LogP contribution in [-0.2, 0) is 20.9 Å². The summed E-state index contributed by atoms with van der Waals surface area (Å²) < 4.78 is 12.0. The van der Waals surface area contributed by atoms with E-state index >= 15 is 0 Å². The maximum absolute atomic E-state index is 12.3. The summed E-state index contributed by atoms with van der Waals surface area (Å²) >= 11 is 1.38. The number of ether oxygens (including phenoxy) is 2. The van der Waals surface area contributed by atoms with Crippen LogP contribution in [0, 0.1) is 0 Å². The van der Waals surface area contributed by atoms with Crippen LogP contribution < -0.4 is 15.6 Å². The first kappa shape index (κ1) is 20.5. The molecule has 0 spiro atoms. The number of thiophene rings is 1. The third-order valence-electron chi connectivity index (χ3n) is 4.13. The van der Waals surface area contributed by atoms with Gasteiger partial charge in [0, 0.05) is 6.54 Å². The first-order valence-electron chi connectivity index (χ1n) is 9.14. The molecular weight excluding hydrogens is 394 g/mol. The van der Waals surface area contributed by atoms with Crippen LogP contribution in [0.3, 0.4) is 0 Å². The summed E-state index contributed by atoms with van der Waals surface area (Å²) in [5, 5.41) is 5.01. The number of hydrogen-bond acceptors (Lipinski definition) is 7. The number of anilines is 1. The quantitative estimate of drug-likeness (QED) is 0.568. The zero-order chi connectivity index (χ0) is 20.8. The van der Waals surface area contributed by atoms with E-state index in [-0.39, 0.29) is 18.5 Å². The summed E-state index contributed by atoms with van der Waals surface area (Å²) in [5.41, 5.74) is 0.298. The summed E-state index contributed by atoms with van der Waals surface area (Å²) in [6.07, 6.45) is 0.367. The van der Waals surface area contributed by atoms with Gasteiger partial charge < -0.3 is 14.8 Å². The number of hydrogen-bond donors (Lipinski definition) is 1. The van der Waals surface area contributed by atoms with E-state index in [1.165, 1.54) is 29.2 Å². The van der Waals surface area contributed by atoms with Gasteiger partial charge in [-0.15, -0.1) is 11.3 Å². The Kier molecular flexibility index (Phi) is 6.61. The van der Waals surface area contributed by atoms with Gasteiger partial charge >= 0.3 is 5.97 Å². The van der Waals surface area contributed by atoms with Gasteiger partial charge in [0.1, 0.15) is 10.6 Å². The Morgan fingerprint density at radius 1 is 1.28 bits per heavy atom. The smallest absolute Gasteiger partial charge is 0.308 e. The molecule has 0 saturated carbocycles. The highest BCUT2D eigenvalue weighted by atomic mass is 32.1. The number of aromatic nitrogens is 2. The van der Waals surface area contributed by atoms with Crippen molar-refractivity contribution in [2.75, 3.05) is 11.9 Å². The Hall–Kier alpha value is -3.20. The molecule has 2 heterocycles. The van der Waals surface area contributed by atoms with Crippen molar-refractivity contribution in [3.8, 4) is 5.75 Å². The van der Waals surface area contributed by atoms with Gasteiger partial charge in [0.05, 0.1) is 30.4 Å². The number of aryl methyl sites for hydroxylation is 1. The normalized spacial score (nSPS) is 11.8. The molecule has 3 aromatic rings. The molecule has 8 nitrogen and oxygen atoms in total. The summed E-state index contributed by atoms with van der Waals surface area (Å²) in [4.78, 5) is 41.6. The Balaban J connectivity index is 1.55. The van der Waals surface area contributed by atoms with Gasteiger partial charge in [-0.05, 0) is 37.4 Å². The lowest BCUT2D eigenvalue weighted by atomic mass is 10.2. The maximum atomic E-state index is 12.3. The average Bonchev–Trinajstić information content (AvgIpc) is 3.19. The van der Waals surface area contributed by atoms with Gasteiger partial charge in [0.25, 0.3) is 11.5 Å². The number of nitrogens with one attached hydrogen (secondary N) is 1. The number of nitrogens with zero attached hydrogens (tertiary/aromatic N) is 2. The van der Waals surface area contributed by atoms with Gasteiger partial charge in [0.2, 0.25) is 0 Å². The van der Waals surface area contributed by atoms with Crippen molar-refractivity contribution in [2.24, 2.45) is 0 Å². The zero-order valence-corrected chi connectivity index (χ0v) is 16.9. The van der Waals surface area contributed by atoms with E-state index in [2.05, 4.69) is 10.3 Å². The molecule has 0 aliphatic rings. The summed E-state index contributed by atoms with van der Waals surface area (Å²) in [7, 11) is 0. The minimum absolute atomic E-state index is 0.0512. The lowest BCUT2D eigenvalue weighted by Crippen LogP contribution is -2.31. The fourth-order valence-electron chi connectivity index (χ4n) is 2.66. The van der Waals surface area contributed by atoms with E-state index < -0.39 is 18.0 Å². The van der Waals surface area contributed by atoms with Crippen molar-refractivity contribution in [3.05, 3.63) is 52.4 Å². The van der Waals surface area contributed by atoms with Gasteiger partial charge in [-0.3, -0.25) is 19.0 Å². The van der Waals surface area contributed by atoms with E-state index in [0.717, 1.165) is 0 Å². The lowest BCUT2D eigenvalue weighted by molar-refractivity contribution is -0.153. The van der Waals surface area contributed by atoms with Crippen LogP contribution in [0.15, 0.2) is 46.8 Å². The Morgan fingerprint density at radius 2 is 2.07 bits per heavy atom. The number of carbonyl (C=O) groups excluding carboxylic acids is 2. The largest absolute Gasteiger partial charge is 0.492 e. The highest BCUT2D eigenvalue weighted by Crippen LogP contribution is 2.24. The lowest BCUT2D eigenvalue weighted by Gasteiger charge is -2.15. The second-order valence-electron chi connectivity index (χ2n) is 6.18. The Labute approximate surface area is 171 Å². The third-order valence-corrected chi connectivity index (χ3v) is 4.95. The molecule has 0 bridgehead atoms. The van der Waals surface area contributed by atoms with Crippen molar-refractivity contribution in [2.45, 2.75) is 32.9 Å². The first-order chi connectivity index (χ1) is 14.0. The number of rotatable bonds is 8. The van der Waals surface area contributed by atoms with Crippen LogP contribution in [0.5, 0.6) is 5.75 Å². The Bertz CT molecular complexity index is 1080. The van der Waals surface area contributed by atoms with Crippen molar-refractivity contribution >= 4 is 39.1 Å². The van der Waals surface area contributed by atoms with Crippen LogP contribution in [0.2, 0.25) is 0 Å². The molecule has 2 aromatic heterocycles. The molecule has 1 amide bonds. The molecule has 1 unspecified atom stereocenters. The Morgan fingerprint density at radius 3 is 2.86 bits per heavy atom. The predicted molar refractivity (Wildman–Crippen MR) is 110 cm³/mol. The molecule has 3 rings (SSSR count). The molecule has 152 valence electrons. The van der Waals surface area contributed by atoms with E-state index in [9.17, 15) is 14.4 Å². The van der Waals surface area contributed by atoms with Crippen molar-refractivity contribution < 1.29 is 19.1 Å². The van der Waals surface area contributed by atoms with E-state index in [0.29, 0.717) is 28.3 Å². The van der Waals surface area contributed by atoms with Crippen LogP contribution in [0.25, 0.3) is 10.2 Å². The molecule has 0 radical (unpaired) electrons. The summed E-state index contributed by atoms with van der Waals surface area (Å²) in [6, 6.07) is 8.72. The molecule has 0 aliphatic carbocycles. The second-order valence-corrected chi connectivity index (χ2v) is 7.08. The second kappa shape index (κ2) is 9.33. The molecule has 1 atom stereocenters. The van der Waals surface area contributed by atoms with E-state index in [1.807, 2.05) is 6.92 Å². The number of benzene rings is 1. The van der Waals surface area contributed by atoms with Gasteiger partial charge in [-0.2, -0.15) is 0 Å². The topological polar surface area (TPSA) is 99.5 Å². The van der Waals surface area contributed by atoms with Gasteiger partial charge in [-0.1, -0.05) is 12.1 Å². The molecule has 0 aliphatic heterocycles. The average molecular weight is 415 g/mol. The molecule has 1 N–H and O–H groups in total. The molecule has 29 heavy (non-hydrogen) atoms. The number of para-hydroxylation sites is 2. The monoisotopic (exact) mass is 415 g/mol. The maximum Gasteiger partial charge on any atom is 0.308 e. The van der Waals surface area contributed by atoms with Crippen LogP contribution >= 0.6 is 11.3 Å². The fraction of sp³-hybridized carbons (Fsp3) is 0.300. The first-order valence-corrected chi connectivity index (χ1v) is 10.0. The highest BCUT2D eigenvalue weighted by molar-refractivity contribution is 7.16. The van der Waals surface area contributed by atoms with E-state index in [1.54, 1.807) is 35.7 Å². The predicted octanol–water partition coefficient (Wildman–Crippen LogP) is 2.82. The van der Waals surface area contributed by atoms with Crippen LogP contribution in [0.4, 0.5) is 5.69 Å². The van der Waals surface area contributed by atoms with Crippen LogP contribution in [-0.4, -0.2) is 34.1 Å². The molecule has 0 fully saturated rings. The SMILES string of the molecule is CCOc1ccccc1NC(=O)C(C)OC(=O)CCn1cnc2sccc2c1=O.